The molecular formula is C12H25NO. The van der Waals surface area contributed by atoms with Crippen molar-refractivity contribution in [2.24, 2.45) is 16.0 Å². The summed E-state index contributed by atoms with van der Waals surface area (Å²) in [6.45, 7) is 13.5. The molecule has 0 aromatic carbocycles. The minimum absolute atomic E-state index is 0.331. The van der Waals surface area contributed by atoms with Crippen LogP contribution in [0.25, 0.3) is 0 Å². The lowest BCUT2D eigenvalue weighted by molar-refractivity contribution is 0.122. The summed E-state index contributed by atoms with van der Waals surface area (Å²) in [4.78, 5) is 4.74. The second-order valence-electron chi connectivity index (χ2n) is 5.64. The van der Waals surface area contributed by atoms with E-state index >= 15 is 0 Å². The Bertz CT molecular complexity index is 199. The molecule has 2 nitrogen and oxygen atoms in total. The van der Waals surface area contributed by atoms with Crippen molar-refractivity contribution in [2.45, 2.75) is 54.4 Å². The summed E-state index contributed by atoms with van der Waals surface area (Å²) in [5, 5.41) is 3.93. The molecule has 0 aromatic heterocycles. The van der Waals surface area contributed by atoms with Crippen molar-refractivity contribution < 1.29 is 4.84 Å². The topological polar surface area (TPSA) is 21.6 Å². The summed E-state index contributed by atoms with van der Waals surface area (Å²) in [6.07, 6.45) is 2.16. The van der Waals surface area contributed by atoms with Gasteiger partial charge in [-0.05, 0) is 30.6 Å². The van der Waals surface area contributed by atoms with Crippen LogP contribution in [0.15, 0.2) is 5.16 Å². The van der Waals surface area contributed by atoms with Gasteiger partial charge >= 0.3 is 0 Å². The predicted octanol–water partition coefficient (Wildman–Crippen LogP) is 3.86. The zero-order valence-corrected chi connectivity index (χ0v) is 10.8. The van der Waals surface area contributed by atoms with Gasteiger partial charge < -0.3 is 4.84 Å². The summed E-state index contributed by atoms with van der Waals surface area (Å²) in [7, 11) is 1.60. The molecule has 84 valence electrons. The fourth-order valence-electron chi connectivity index (χ4n) is 1.07. The van der Waals surface area contributed by atoms with E-state index < -0.39 is 0 Å². The third-order valence-electron chi connectivity index (χ3n) is 3.39. The van der Waals surface area contributed by atoms with Gasteiger partial charge in [0, 0.05) is 0 Å². The third-order valence-corrected chi connectivity index (χ3v) is 3.39. The van der Waals surface area contributed by atoms with Gasteiger partial charge in [0.25, 0.3) is 0 Å². The Morgan fingerprint density at radius 2 is 1.64 bits per heavy atom. The molecule has 0 radical (unpaired) electrons. The van der Waals surface area contributed by atoms with Crippen LogP contribution in [-0.4, -0.2) is 12.8 Å². The first-order valence-corrected chi connectivity index (χ1v) is 5.27. The average Bonchev–Trinajstić information content (AvgIpc) is 1.99. The van der Waals surface area contributed by atoms with Crippen LogP contribution in [0.4, 0.5) is 0 Å². The van der Waals surface area contributed by atoms with Crippen LogP contribution in [0.3, 0.4) is 0 Å². The van der Waals surface area contributed by atoms with Crippen LogP contribution >= 0.6 is 0 Å². The van der Waals surface area contributed by atoms with E-state index in [1.807, 2.05) is 6.92 Å². The van der Waals surface area contributed by atoms with Crippen molar-refractivity contribution in [3.63, 3.8) is 0 Å². The second-order valence-corrected chi connectivity index (χ2v) is 5.64. The highest BCUT2D eigenvalue weighted by Gasteiger charge is 2.32. The Labute approximate surface area is 88.7 Å². The van der Waals surface area contributed by atoms with Gasteiger partial charge in [0.05, 0.1) is 5.71 Å². The van der Waals surface area contributed by atoms with Gasteiger partial charge in [-0.25, -0.2) is 0 Å². The highest BCUT2D eigenvalue weighted by molar-refractivity contribution is 5.81. The van der Waals surface area contributed by atoms with Crippen LogP contribution < -0.4 is 0 Å². The first-order chi connectivity index (χ1) is 6.20. The first kappa shape index (κ1) is 13.5. The molecule has 0 bridgehead atoms. The molecule has 0 aliphatic heterocycles. The zero-order chi connectivity index (χ0) is 11.4. The minimum Gasteiger partial charge on any atom is -0.399 e. The van der Waals surface area contributed by atoms with E-state index in [-0.39, 0.29) is 0 Å². The fourth-order valence-corrected chi connectivity index (χ4v) is 1.07. The van der Waals surface area contributed by atoms with E-state index in [1.165, 1.54) is 0 Å². The molecule has 0 fully saturated rings. The van der Waals surface area contributed by atoms with E-state index in [0.29, 0.717) is 10.8 Å². The molecule has 0 saturated heterocycles. The van der Waals surface area contributed by atoms with Gasteiger partial charge in [0.2, 0.25) is 0 Å². The second kappa shape index (κ2) is 4.81. The van der Waals surface area contributed by atoms with E-state index in [1.54, 1.807) is 7.11 Å². The largest absolute Gasteiger partial charge is 0.399 e. The molecule has 0 aliphatic carbocycles. The summed E-state index contributed by atoms with van der Waals surface area (Å²) in [5.74, 6) is 0. The molecule has 0 rings (SSSR count). The molecule has 0 aliphatic rings. The normalized spacial score (nSPS) is 14.4. The molecule has 0 heterocycles. The molecule has 0 spiro atoms. The number of hydrogen-bond donors (Lipinski definition) is 0. The predicted molar refractivity (Wildman–Crippen MR) is 62.6 cm³/mol. The Kier molecular flexibility index (Phi) is 4.63. The number of oxime groups is 1. The van der Waals surface area contributed by atoms with Crippen molar-refractivity contribution in [1.29, 1.82) is 0 Å². The average molecular weight is 199 g/mol. The highest BCUT2D eigenvalue weighted by Crippen LogP contribution is 2.41. The first-order valence-electron chi connectivity index (χ1n) is 5.27. The fraction of sp³-hybridized carbons (Fsp3) is 0.917. The van der Waals surface area contributed by atoms with E-state index in [4.69, 9.17) is 4.84 Å². The lowest BCUT2D eigenvalue weighted by Gasteiger charge is -2.39. The number of hydrogen-bond acceptors (Lipinski definition) is 2. The molecule has 0 atom stereocenters. The Morgan fingerprint density at radius 3 is 2.00 bits per heavy atom. The monoisotopic (exact) mass is 199 g/mol. The van der Waals surface area contributed by atoms with Crippen LogP contribution in [-0.2, 0) is 4.84 Å². The van der Waals surface area contributed by atoms with Gasteiger partial charge in [-0.15, -0.1) is 0 Å². The Balaban J connectivity index is 4.20. The summed E-state index contributed by atoms with van der Waals surface area (Å²) in [6, 6.07) is 0. The van der Waals surface area contributed by atoms with E-state index in [9.17, 15) is 0 Å². The van der Waals surface area contributed by atoms with Crippen molar-refractivity contribution in [2.75, 3.05) is 7.11 Å². The highest BCUT2D eigenvalue weighted by atomic mass is 16.6. The third kappa shape index (κ3) is 4.12. The van der Waals surface area contributed by atoms with Gasteiger partial charge in [-0.3, -0.25) is 0 Å². The summed E-state index contributed by atoms with van der Waals surface area (Å²) < 4.78 is 0. The maximum Gasteiger partial charge on any atom is 0.106 e. The summed E-state index contributed by atoms with van der Waals surface area (Å²) >= 11 is 0. The Morgan fingerprint density at radius 1 is 1.14 bits per heavy atom. The molecule has 0 N–H and O–H groups in total. The quantitative estimate of drug-likeness (QED) is 0.497. The van der Waals surface area contributed by atoms with Gasteiger partial charge in [0.15, 0.2) is 0 Å². The van der Waals surface area contributed by atoms with Gasteiger partial charge in [-0.2, -0.15) is 0 Å². The standard InChI is InChI=1S/C12H25NO/c1-10(13-14-7)8-9-12(5,6)11(2,3)4/h8-9H2,1-7H3/b13-10+. The van der Waals surface area contributed by atoms with Gasteiger partial charge in [0.1, 0.15) is 7.11 Å². The lowest BCUT2D eigenvalue weighted by Crippen LogP contribution is -2.30. The van der Waals surface area contributed by atoms with Crippen molar-refractivity contribution in [1.82, 2.24) is 0 Å². The van der Waals surface area contributed by atoms with Crippen molar-refractivity contribution in [3.05, 3.63) is 0 Å². The van der Waals surface area contributed by atoms with Crippen LogP contribution in [0.1, 0.15) is 54.4 Å². The van der Waals surface area contributed by atoms with E-state index in [2.05, 4.69) is 39.8 Å². The number of rotatable bonds is 4. The van der Waals surface area contributed by atoms with Crippen LogP contribution in [0.2, 0.25) is 0 Å². The van der Waals surface area contributed by atoms with E-state index in [0.717, 1.165) is 18.6 Å². The SMILES string of the molecule is CO/N=C(\C)CCC(C)(C)C(C)(C)C. The van der Waals surface area contributed by atoms with Gasteiger partial charge in [-0.1, -0.05) is 39.8 Å². The smallest absolute Gasteiger partial charge is 0.106 e. The van der Waals surface area contributed by atoms with Crippen molar-refractivity contribution in [3.8, 4) is 0 Å². The molecule has 0 unspecified atom stereocenters. The number of nitrogens with zero attached hydrogens (tertiary/aromatic N) is 1. The molecule has 2 heteroatoms. The lowest BCUT2D eigenvalue weighted by atomic mass is 9.67. The molecule has 14 heavy (non-hydrogen) atoms. The van der Waals surface area contributed by atoms with Crippen molar-refractivity contribution >= 4 is 5.71 Å². The molecule has 0 saturated carbocycles. The summed E-state index contributed by atoms with van der Waals surface area (Å²) in [5.41, 5.74) is 1.74. The molecule has 0 amide bonds. The van der Waals surface area contributed by atoms with Crippen LogP contribution in [0.5, 0.6) is 0 Å². The zero-order valence-electron chi connectivity index (χ0n) is 10.8. The van der Waals surface area contributed by atoms with Crippen LogP contribution in [0, 0.1) is 10.8 Å². The maximum atomic E-state index is 4.74. The minimum atomic E-state index is 0.331. The molecule has 0 aromatic rings. The Hall–Kier alpha value is -0.530. The molecular weight excluding hydrogens is 174 g/mol. The maximum absolute atomic E-state index is 4.74.